The molecule has 1 heterocycles. The van der Waals surface area contributed by atoms with E-state index in [1.807, 2.05) is 30.3 Å². The molecule has 3 aromatic rings. The molecule has 1 aliphatic rings. The summed E-state index contributed by atoms with van der Waals surface area (Å²) >= 11 is 16.3. The van der Waals surface area contributed by atoms with Crippen LogP contribution in [0.5, 0.6) is 11.5 Å². The second-order valence-electron chi connectivity index (χ2n) is 7.74. The summed E-state index contributed by atoms with van der Waals surface area (Å²) in [6, 6.07) is 14.0. The molecule has 5 nitrogen and oxygen atoms in total. The number of ether oxygens (including phenoxy) is 3. The smallest absolute Gasteiger partial charge is 0.162 e. The Morgan fingerprint density at radius 2 is 1.79 bits per heavy atom. The molecule has 1 fully saturated rings. The fourth-order valence-corrected chi connectivity index (χ4v) is 4.64. The number of hydrogen-bond acceptors (Lipinski definition) is 5. The van der Waals surface area contributed by atoms with Gasteiger partial charge in [0.25, 0.3) is 0 Å². The van der Waals surface area contributed by atoms with Crippen LogP contribution in [-0.2, 0) is 17.9 Å². The normalized spacial score (nSPS) is 13.6. The lowest BCUT2D eigenvalue weighted by Gasteiger charge is -2.29. The Morgan fingerprint density at radius 1 is 1.00 bits per heavy atom. The minimum absolute atomic E-state index is 0.188. The Morgan fingerprint density at radius 3 is 2.50 bits per heavy atom. The lowest BCUT2D eigenvalue weighted by molar-refractivity contribution is 0.122. The topological polar surface area (TPSA) is 43.0 Å². The second-order valence-corrected chi connectivity index (χ2v) is 9.41. The van der Waals surface area contributed by atoms with Crippen LogP contribution in [0.3, 0.4) is 0 Å². The predicted molar refractivity (Wildman–Crippen MR) is 138 cm³/mol. The molecule has 0 aromatic heterocycles. The van der Waals surface area contributed by atoms with E-state index in [0.29, 0.717) is 46.9 Å². The van der Waals surface area contributed by atoms with Crippen LogP contribution in [0.1, 0.15) is 11.1 Å². The van der Waals surface area contributed by atoms with Crippen LogP contribution in [-0.4, -0.2) is 33.4 Å². The predicted octanol–water partition coefficient (Wildman–Crippen LogP) is 6.93. The summed E-state index contributed by atoms with van der Waals surface area (Å²) in [5, 5.41) is 4.42. The maximum absolute atomic E-state index is 13.3. The van der Waals surface area contributed by atoms with Crippen molar-refractivity contribution in [2.24, 2.45) is 0 Å². The number of benzene rings is 3. The summed E-state index contributed by atoms with van der Waals surface area (Å²) in [5.41, 5.74) is 3.60. The van der Waals surface area contributed by atoms with Gasteiger partial charge in [0, 0.05) is 35.4 Å². The van der Waals surface area contributed by atoms with Crippen molar-refractivity contribution in [1.29, 1.82) is 0 Å². The minimum Gasteiger partial charge on any atom is -0.493 e. The van der Waals surface area contributed by atoms with Crippen LogP contribution in [0.15, 0.2) is 53.0 Å². The first kappa shape index (κ1) is 24.9. The van der Waals surface area contributed by atoms with Gasteiger partial charge in [-0.3, -0.25) is 0 Å². The molecule has 1 N–H and O–H groups in total. The van der Waals surface area contributed by atoms with Crippen LogP contribution in [0, 0.1) is 5.82 Å². The minimum atomic E-state index is -0.386. The Balaban J connectivity index is 1.42. The second kappa shape index (κ2) is 11.5. The SMILES string of the molecule is COc1cc(CNc2ccc(N3CCOCC3)c(Cl)c2)c(Br)cc1OCc1ccc(F)cc1Cl. The van der Waals surface area contributed by atoms with Crippen molar-refractivity contribution >= 4 is 50.5 Å². The largest absolute Gasteiger partial charge is 0.493 e. The van der Waals surface area contributed by atoms with Crippen molar-refractivity contribution < 1.29 is 18.6 Å². The molecule has 180 valence electrons. The quantitative estimate of drug-likeness (QED) is 0.318. The molecular formula is C25H24BrCl2FN2O3. The van der Waals surface area contributed by atoms with E-state index >= 15 is 0 Å². The van der Waals surface area contributed by atoms with Gasteiger partial charge in [0.2, 0.25) is 0 Å². The summed E-state index contributed by atoms with van der Waals surface area (Å²) in [6.07, 6.45) is 0. The molecule has 0 bridgehead atoms. The zero-order valence-corrected chi connectivity index (χ0v) is 21.6. The van der Waals surface area contributed by atoms with Crippen molar-refractivity contribution in [3.05, 3.63) is 80.0 Å². The van der Waals surface area contributed by atoms with Crippen LogP contribution in [0.2, 0.25) is 10.0 Å². The summed E-state index contributed by atoms with van der Waals surface area (Å²) in [4.78, 5) is 2.23. The molecule has 1 aliphatic heterocycles. The number of methoxy groups -OCH3 is 1. The highest BCUT2D eigenvalue weighted by atomic mass is 79.9. The maximum atomic E-state index is 13.3. The molecule has 4 rings (SSSR count). The average Bonchev–Trinajstić information content (AvgIpc) is 2.83. The zero-order chi connectivity index (χ0) is 24.1. The Kier molecular flexibility index (Phi) is 8.42. The molecule has 0 aliphatic carbocycles. The Labute approximate surface area is 216 Å². The molecule has 0 spiro atoms. The average molecular weight is 570 g/mol. The first-order chi connectivity index (χ1) is 16.4. The van der Waals surface area contributed by atoms with Crippen molar-refractivity contribution in [2.45, 2.75) is 13.2 Å². The molecule has 0 atom stereocenters. The highest BCUT2D eigenvalue weighted by Crippen LogP contribution is 2.35. The van der Waals surface area contributed by atoms with Crippen LogP contribution in [0.25, 0.3) is 0 Å². The van der Waals surface area contributed by atoms with Crippen LogP contribution in [0.4, 0.5) is 15.8 Å². The van der Waals surface area contributed by atoms with Crippen molar-refractivity contribution in [3.63, 3.8) is 0 Å². The number of halogens is 4. The fraction of sp³-hybridized carbons (Fsp3) is 0.280. The molecule has 34 heavy (non-hydrogen) atoms. The van der Waals surface area contributed by atoms with E-state index < -0.39 is 0 Å². The van der Waals surface area contributed by atoms with E-state index in [9.17, 15) is 4.39 Å². The summed E-state index contributed by atoms with van der Waals surface area (Å²) < 4.78 is 31.0. The van der Waals surface area contributed by atoms with E-state index in [-0.39, 0.29) is 12.4 Å². The summed E-state index contributed by atoms with van der Waals surface area (Å²) in [6.45, 7) is 3.83. The highest BCUT2D eigenvalue weighted by molar-refractivity contribution is 9.10. The van der Waals surface area contributed by atoms with Crippen LogP contribution < -0.4 is 19.7 Å². The third-order valence-corrected chi connectivity index (χ3v) is 6.91. The Bertz CT molecular complexity index is 1160. The lowest BCUT2D eigenvalue weighted by atomic mass is 10.2. The van der Waals surface area contributed by atoms with Gasteiger partial charge in [0.1, 0.15) is 12.4 Å². The van der Waals surface area contributed by atoms with Crippen LogP contribution >= 0.6 is 39.1 Å². The van der Waals surface area contributed by atoms with Gasteiger partial charge in [0.05, 0.1) is 36.1 Å². The number of anilines is 2. The van der Waals surface area contributed by atoms with Gasteiger partial charge in [-0.25, -0.2) is 4.39 Å². The number of morpholine rings is 1. The van der Waals surface area contributed by atoms with E-state index in [2.05, 4.69) is 26.1 Å². The molecule has 1 saturated heterocycles. The summed E-state index contributed by atoms with van der Waals surface area (Å²) in [5.74, 6) is 0.748. The number of rotatable bonds is 8. The van der Waals surface area contributed by atoms with Crippen molar-refractivity contribution in [3.8, 4) is 11.5 Å². The lowest BCUT2D eigenvalue weighted by Crippen LogP contribution is -2.36. The van der Waals surface area contributed by atoms with E-state index in [4.69, 9.17) is 37.4 Å². The van der Waals surface area contributed by atoms with E-state index in [1.54, 1.807) is 13.2 Å². The van der Waals surface area contributed by atoms with Gasteiger partial charge in [-0.15, -0.1) is 0 Å². The molecule has 0 amide bonds. The third kappa shape index (κ3) is 6.08. The zero-order valence-electron chi connectivity index (χ0n) is 18.5. The third-order valence-electron chi connectivity index (χ3n) is 5.51. The first-order valence-electron chi connectivity index (χ1n) is 10.7. The van der Waals surface area contributed by atoms with Gasteiger partial charge in [-0.1, -0.05) is 45.2 Å². The maximum Gasteiger partial charge on any atom is 0.162 e. The van der Waals surface area contributed by atoms with Gasteiger partial charge in [0.15, 0.2) is 11.5 Å². The number of nitrogens with zero attached hydrogens (tertiary/aromatic N) is 1. The number of hydrogen-bond donors (Lipinski definition) is 1. The number of nitrogens with one attached hydrogen (secondary N) is 1. The summed E-state index contributed by atoms with van der Waals surface area (Å²) in [7, 11) is 1.59. The van der Waals surface area contributed by atoms with Crippen molar-refractivity contribution in [1.82, 2.24) is 0 Å². The van der Waals surface area contributed by atoms with Crippen molar-refractivity contribution in [2.75, 3.05) is 43.6 Å². The van der Waals surface area contributed by atoms with Gasteiger partial charge in [-0.2, -0.15) is 0 Å². The Hall–Kier alpha value is -2.19. The molecule has 0 saturated carbocycles. The van der Waals surface area contributed by atoms with Gasteiger partial charge >= 0.3 is 0 Å². The molecule has 0 unspecified atom stereocenters. The standard InChI is InChI=1S/C25H24BrCl2FN2O3/c1-32-24-10-17(20(26)13-25(24)34-15-16-2-3-18(29)11-21(16)27)14-30-19-4-5-23(22(28)12-19)31-6-8-33-9-7-31/h2-5,10-13,30H,6-9,14-15H2,1H3. The fourth-order valence-electron chi connectivity index (χ4n) is 3.65. The molecule has 0 radical (unpaired) electrons. The van der Waals surface area contributed by atoms with E-state index in [1.165, 1.54) is 12.1 Å². The van der Waals surface area contributed by atoms with Gasteiger partial charge < -0.3 is 24.4 Å². The first-order valence-corrected chi connectivity index (χ1v) is 12.3. The molecule has 3 aromatic carbocycles. The van der Waals surface area contributed by atoms with E-state index in [0.717, 1.165) is 34.5 Å². The molecular weight excluding hydrogens is 546 g/mol. The highest BCUT2D eigenvalue weighted by Gasteiger charge is 2.15. The van der Waals surface area contributed by atoms with Gasteiger partial charge in [-0.05, 0) is 48.0 Å². The molecule has 9 heteroatoms. The monoisotopic (exact) mass is 568 g/mol.